The molecule has 0 aliphatic heterocycles. The molecule has 0 saturated carbocycles. The summed E-state index contributed by atoms with van der Waals surface area (Å²) >= 11 is 7.83. The van der Waals surface area contributed by atoms with E-state index in [0.717, 1.165) is 21.5 Å². The van der Waals surface area contributed by atoms with E-state index in [4.69, 9.17) is 11.6 Å². The first-order chi connectivity index (χ1) is 13.1. The van der Waals surface area contributed by atoms with Crippen molar-refractivity contribution in [3.05, 3.63) is 87.6 Å². The van der Waals surface area contributed by atoms with Crippen LogP contribution < -0.4 is 5.32 Å². The number of aromatic nitrogens is 2. The Bertz CT molecular complexity index is 1100. The van der Waals surface area contributed by atoms with Gasteiger partial charge >= 0.3 is 0 Å². The zero-order valence-corrected chi connectivity index (χ0v) is 16.3. The van der Waals surface area contributed by atoms with E-state index in [0.29, 0.717) is 23.8 Å². The van der Waals surface area contributed by atoms with Crippen LogP contribution in [0.3, 0.4) is 0 Å². The van der Waals surface area contributed by atoms with Gasteiger partial charge in [0.1, 0.15) is 5.69 Å². The monoisotopic (exact) mass is 395 g/mol. The lowest BCUT2D eigenvalue weighted by Gasteiger charge is -2.11. The standard InChI is InChI=1S/C21H18ClN3OS/c1-14-9-18-20(27-14)11-19(21(26)24-12-17-7-2-3-8-23-17)25(18)13-15-5-4-6-16(22)10-15/h2-11H,12-13H2,1H3,(H,24,26). The Hall–Kier alpha value is -2.63. The van der Waals surface area contributed by atoms with Gasteiger partial charge in [-0.15, -0.1) is 11.3 Å². The fourth-order valence-corrected chi connectivity index (χ4v) is 4.28. The molecule has 4 nitrogen and oxygen atoms in total. The number of rotatable bonds is 5. The van der Waals surface area contributed by atoms with Crippen LogP contribution in [-0.4, -0.2) is 15.5 Å². The van der Waals surface area contributed by atoms with Crippen molar-refractivity contribution in [3.63, 3.8) is 0 Å². The third kappa shape index (κ3) is 3.89. The average Bonchev–Trinajstić information content (AvgIpc) is 3.18. The van der Waals surface area contributed by atoms with E-state index in [-0.39, 0.29) is 5.91 Å². The lowest BCUT2D eigenvalue weighted by atomic mass is 10.2. The van der Waals surface area contributed by atoms with E-state index < -0.39 is 0 Å². The number of hydrogen-bond acceptors (Lipinski definition) is 3. The van der Waals surface area contributed by atoms with E-state index in [9.17, 15) is 4.79 Å². The van der Waals surface area contributed by atoms with Crippen LogP contribution in [0.5, 0.6) is 0 Å². The summed E-state index contributed by atoms with van der Waals surface area (Å²) in [4.78, 5) is 18.3. The molecule has 0 aliphatic rings. The second-order valence-electron chi connectivity index (χ2n) is 6.36. The Morgan fingerprint density at radius 1 is 1.19 bits per heavy atom. The van der Waals surface area contributed by atoms with Crippen molar-refractivity contribution in [2.24, 2.45) is 0 Å². The number of nitrogens with one attached hydrogen (secondary N) is 1. The summed E-state index contributed by atoms with van der Waals surface area (Å²) in [7, 11) is 0. The number of pyridine rings is 1. The molecule has 4 aromatic rings. The van der Waals surface area contributed by atoms with Crippen LogP contribution in [-0.2, 0) is 13.1 Å². The van der Waals surface area contributed by atoms with Crippen molar-refractivity contribution >= 4 is 39.1 Å². The number of halogens is 1. The fourth-order valence-electron chi connectivity index (χ4n) is 3.11. The quantitative estimate of drug-likeness (QED) is 0.514. The second-order valence-corrected chi connectivity index (χ2v) is 8.08. The second kappa shape index (κ2) is 7.55. The number of benzene rings is 1. The smallest absolute Gasteiger partial charge is 0.268 e. The van der Waals surface area contributed by atoms with Crippen LogP contribution in [0.4, 0.5) is 0 Å². The largest absolute Gasteiger partial charge is 0.345 e. The van der Waals surface area contributed by atoms with Gasteiger partial charge in [-0.1, -0.05) is 29.8 Å². The van der Waals surface area contributed by atoms with E-state index in [1.54, 1.807) is 17.5 Å². The predicted octanol–water partition coefficient (Wildman–Crippen LogP) is 5.04. The summed E-state index contributed by atoms with van der Waals surface area (Å²) < 4.78 is 3.16. The lowest BCUT2D eigenvalue weighted by molar-refractivity contribution is 0.0942. The van der Waals surface area contributed by atoms with Gasteiger partial charge < -0.3 is 9.88 Å². The minimum Gasteiger partial charge on any atom is -0.345 e. The van der Waals surface area contributed by atoms with Gasteiger partial charge in [-0.25, -0.2) is 0 Å². The highest BCUT2D eigenvalue weighted by molar-refractivity contribution is 7.19. The molecular weight excluding hydrogens is 378 g/mol. The summed E-state index contributed by atoms with van der Waals surface area (Å²) in [5.41, 5.74) is 3.60. The summed E-state index contributed by atoms with van der Waals surface area (Å²) in [5, 5.41) is 3.67. The SMILES string of the molecule is Cc1cc2c(cc(C(=O)NCc3ccccn3)n2Cc2cccc(Cl)c2)s1. The Balaban J connectivity index is 1.65. The number of carbonyl (C=O) groups excluding carboxylic acids is 1. The van der Waals surface area contributed by atoms with E-state index in [1.165, 1.54) is 4.88 Å². The minimum atomic E-state index is -0.108. The number of aryl methyl sites for hydroxylation is 1. The van der Waals surface area contributed by atoms with Crippen molar-refractivity contribution in [1.82, 2.24) is 14.9 Å². The first-order valence-electron chi connectivity index (χ1n) is 8.62. The zero-order chi connectivity index (χ0) is 18.8. The van der Waals surface area contributed by atoms with Gasteiger partial charge in [0.2, 0.25) is 0 Å². The minimum absolute atomic E-state index is 0.108. The molecular formula is C21H18ClN3OS. The van der Waals surface area contributed by atoms with Crippen LogP contribution in [0, 0.1) is 6.92 Å². The molecule has 4 rings (SSSR count). The topological polar surface area (TPSA) is 46.9 Å². The third-order valence-corrected chi connectivity index (χ3v) is 5.55. The highest BCUT2D eigenvalue weighted by Crippen LogP contribution is 2.29. The summed E-state index contributed by atoms with van der Waals surface area (Å²) in [6.07, 6.45) is 1.72. The molecule has 3 heterocycles. The summed E-state index contributed by atoms with van der Waals surface area (Å²) in [5.74, 6) is -0.108. The van der Waals surface area contributed by atoms with Crippen LogP contribution in [0.25, 0.3) is 10.2 Å². The number of hydrogen-bond donors (Lipinski definition) is 1. The molecule has 6 heteroatoms. The van der Waals surface area contributed by atoms with Crippen molar-refractivity contribution in [3.8, 4) is 0 Å². The molecule has 27 heavy (non-hydrogen) atoms. The zero-order valence-electron chi connectivity index (χ0n) is 14.8. The normalized spacial score (nSPS) is 11.0. The van der Waals surface area contributed by atoms with Crippen molar-refractivity contribution < 1.29 is 4.79 Å². The number of nitrogens with zero attached hydrogens (tertiary/aromatic N) is 2. The number of fused-ring (bicyclic) bond motifs is 1. The Morgan fingerprint density at radius 3 is 2.85 bits per heavy atom. The van der Waals surface area contributed by atoms with Gasteiger partial charge in [-0.2, -0.15) is 0 Å². The number of thiophene rings is 1. The highest BCUT2D eigenvalue weighted by atomic mass is 35.5. The van der Waals surface area contributed by atoms with Gasteiger partial charge in [0, 0.05) is 22.6 Å². The van der Waals surface area contributed by atoms with E-state index >= 15 is 0 Å². The molecule has 0 bridgehead atoms. The molecule has 0 radical (unpaired) electrons. The Labute approximate surface area is 166 Å². The molecule has 1 amide bonds. The first-order valence-corrected chi connectivity index (χ1v) is 9.82. The summed E-state index contributed by atoms with van der Waals surface area (Å²) in [6.45, 7) is 3.07. The summed E-state index contributed by atoms with van der Waals surface area (Å²) in [6, 6.07) is 17.5. The maximum absolute atomic E-state index is 12.9. The molecule has 0 aliphatic carbocycles. The first kappa shape index (κ1) is 17.8. The van der Waals surface area contributed by atoms with Gasteiger partial charge in [-0.05, 0) is 48.9 Å². The van der Waals surface area contributed by atoms with Gasteiger partial charge in [0.25, 0.3) is 5.91 Å². The van der Waals surface area contributed by atoms with Gasteiger partial charge in [0.05, 0.1) is 22.5 Å². The van der Waals surface area contributed by atoms with Gasteiger partial charge in [0.15, 0.2) is 0 Å². The lowest BCUT2D eigenvalue weighted by Crippen LogP contribution is -2.26. The molecule has 136 valence electrons. The van der Waals surface area contributed by atoms with Crippen molar-refractivity contribution in [2.75, 3.05) is 0 Å². The maximum Gasteiger partial charge on any atom is 0.268 e. The molecule has 0 fully saturated rings. The number of amides is 1. The Morgan fingerprint density at radius 2 is 2.07 bits per heavy atom. The molecule has 3 aromatic heterocycles. The van der Waals surface area contributed by atoms with Crippen LogP contribution in [0.2, 0.25) is 5.02 Å². The maximum atomic E-state index is 12.9. The third-order valence-electron chi connectivity index (χ3n) is 4.33. The highest BCUT2D eigenvalue weighted by Gasteiger charge is 2.17. The fraction of sp³-hybridized carbons (Fsp3) is 0.143. The Kier molecular flexibility index (Phi) is 4.97. The van der Waals surface area contributed by atoms with Gasteiger partial charge in [-0.3, -0.25) is 9.78 Å². The molecule has 1 aromatic carbocycles. The molecule has 0 unspecified atom stereocenters. The van der Waals surface area contributed by atoms with Crippen LogP contribution >= 0.6 is 22.9 Å². The molecule has 0 spiro atoms. The van der Waals surface area contributed by atoms with Crippen LogP contribution in [0.15, 0.2) is 60.8 Å². The van der Waals surface area contributed by atoms with E-state index in [2.05, 4.69) is 27.9 Å². The van der Waals surface area contributed by atoms with E-state index in [1.807, 2.05) is 48.5 Å². The molecule has 0 atom stereocenters. The predicted molar refractivity (Wildman–Crippen MR) is 111 cm³/mol. The van der Waals surface area contributed by atoms with Crippen molar-refractivity contribution in [2.45, 2.75) is 20.0 Å². The average molecular weight is 396 g/mol. The molecule has 1 N–H and O–H groups in total. The molecule has 0 saturated heterocycles. The van der Waals surface area contributed by atoms with Crippen LogP contribution in [0.1, 0.15) is 26.6 Å². The van der Waals surface area contributed by atoms with Crippen molar-refractivity contribution in [1.29, 1.82) is 0 Å². The number of carbonyl (C=O) groups is 1.